The molecule has 1 N–H and O–H groups in total. The van der Waals surface area contributed by atoms with Gasteiger partial charge in [-0.2, -0.15) is 0 Å². The van der Waals surface area contributed by atoms with E-state index in [-0.39, 0.29) is 23.1 Å². The predicted octanol–water partition coefficient (Wildman–Crippen LogP) is 1.90. The molecule has 0 radical (unpaired) electrons. The normalized spacial score (nSPS) is 10.9. The number of carbonyl (C=O) groups is 1. The second-order valence-corrected chi connectivity index (χ2v) is 6.52. The van der Waals surface area contributed by atoms with Crippen LogP contribution in [0.1, 0.15) is 15.9 Å². The van der Waals surface area contributed by atoms with Gasteiger partial charge in [-0.05, 0) is 23.8 Å². The smallest absolute Gasteiger partial charge is 0.336 e. The van der Waals surface area contributed by atoms with Crippen LogP contribution in [0.15, 0.2) is 70.5 Å². The number of hydrogen-bond acceptors (Lipinski definition) is 5. The summed E-state index contributed by atoms with van der Waals surface area (Å²) in [4.78, 5) is 46.1. The van der Waals surface area contributed by atoms with Crippen LogP contribution in [0.4, 0.5) is 0 Å². The van der Waals surface area contributed by atoms with E-state index in [0.717, 1.165) is 10.1 Å². The summed E-state index contributed by atoms with van der Waals surface area (Å²) in [6, 6.07) is 14.0. The molecule has 3 aromatic heterocycles. The monoisotopic (exact) mass is 388 g/mol. The Bertz CT molecular complexity index is 1340. The highest BCUT2D eigenvalue weighted by Crippen LogP contribution is 2.22. The number of carboxylic acids is 1. The molecule has 4 rings (SSSR count). The maximum Gasteiger partial charge on any atom is 0.336 e. The van der Waals surface area contributed by atoms with Crippen LogP contribution in [0.25, 0.3) is 22.3 Å². The molecule has 0 saturated carbocycles. The number of benzene rings is 1. The molecular formula is C21H16N4O4. The van der Waals surface area contributed by atoms with Crippen molar-refractivity contribution in [2.45, 2.75) is 6.54 Å². The highest BCUT2D eigenvalue weighted by atomic mass is 16.4. The number of aromatic carboxylic acids is 1. The summed E-state index contributed by atoms with van der Waals surface area (Å²) in [5.41, 5.74) is 0.265. The Morgan fingerprint density at radius 3 is 2.52 bits per heavy atom. The number of carboxylic acid groups (broad SMARTS) is 1. The maximum absolute atomic E-state index is 12.9. The van der Waals surface area contributed by atoms with Crippen LogP contribution >= 0.6 is 0 Å². The molecule has 144 valence electrons. The molecule has 0 unspecified atom stereocenters. The topological polar surface area (TPSA) is 107 Å². The van der Waals surface area contributed by atoms with E-state index in [2.05, 4.69) is 9.97 Å². The maximum atomic E-state index is 12.9. The van der Waals surface area contributed by atoms with Crippen molar-refractivity contribution in [1.29, 1.82) is 0 Å². The number of rotatable bonds is 4. The largest absolute Gasteiger partial charge is 0.478 e. The Morgan fingerprint density at radius 2 is 1.86 bits per heavy atom. The van der Waals surface area contributed by atoms with Gasteiger partial charge < -0.3 is 5.11 Å². The van der Waals surface area contributed by atoms with Gasteiger partial charge >= 0.3 is 11.7 Å². The van der Waals surface area contributed by atoms with E-state index in [1.807, 2.05) is 30.3 Å². The molecule has 29 heavy (non-hydrogen) atoms. The minimum absolute atomic E-state index is 0.0284. The summed E-state index contributed by atoms with van der Waals surface area (Å²) < 4.78 is 2.22. The lowest BCUT2D eigenvalue weighted by Gasteiger charge is -2.14. The first-order valence-corrected chi connectivity index (χ1v) is 8.79. The van der Waals surface area contributed by atoms with Crippen LogP contribution < -0.4 is 11.2 Å². The van der Waals surface area contributed by atoms with Gasteiger partial charge in [-0.1, -0.05) is 30.3 Å². The zero-order chi connectivity index (χ0) is 20.5. The van der Waals surface area contributed by atoms with Gasteiger partial charge in [0, 0.05) is 25.0 Å². The van der Waals surface area contributed by atoms with Crippen molar-refractivity contribution in [3.05, 3.63) is 92.9 Å². The first-order valence-electron chi connectivity index (χ1n) is 8.79. The van der Waals surface area contributed by atoms with Crippen LogP contribution in [0.5, 0.6) is 0 Å². The molecule has 0 aliphatic carbocycles. The van der Waals surface area contributed by atoms with Crippen LogP contribution in [0.2, 0.25) is 0 Å². The molecule has 0 amide bonds. The van der Waals surface area contributed by atoms with Gasteiger partial charge in [-0.3, -0.25) is 18.9 Å². The molecule has 3 heterocycles. The standard InChI is InChI=1S/C21H16N4O4/c1-24-19(26)17-15(20(27)28)10-16(14-8-5-9-22-11-14)23-18(17)25(21(24)29)12-13-6-3-2-4-7-13/h2-11H,12H2,1H3,(H,27,28). The number of nitrogens with zero attached hydrogens (tertiary/aromatic N) is 4. The van der Waals surface area contributed by atoms with Crippen molar-refractivity contribution < 1.29 is 9.90 Å². The summed E-state index contributed by atoms with van der Waals surface area (Å²) in [5, 5.41) is 9.63. The van der Waals surface area contributed by atoms with Crippen molar-refractivity contribution in [2.24, 2.45) is 7.05 Å². The van der Waals surface area contributed by atoms with E-state index >= 15 is 0 Å². The van der Waals surface area contributed by atoms with Gasteiger partial charge in [0.1, 0.15) is 0 Å². The van der Waals surface area contributed by atoms with Gasteiger partial charge in [-0.15, -0.1) is 0 Å². The first-order chi connectivity index (χ1) is 14.0. The van der Waals surface area contributed by atoms with E-state index in [1.54, 1.807) is 24.5 Å². The molecule has 0 aliphatic heterocycles. The third-order valence-electron chi connectivity index (χ3n) is 4.66. The molecule has 0 bridgehead atoms. The average molecular weight is 388 g/mol. The first kappa shape index (κ1) is 18.3. The second-order valence-electron chi connectivity index (χ2n) is 6.52. The van der Waals surface area contributed by atoms with Crippen molar-refractivity contribution in [1.82, 2.24) is 19.1 Å². The molecule has 4 aromatic rings. The van der Waals surface area contributed by atoms with E-state index in [4.69, 9.17) is 0 Å². The highest BCUT2D eigenvalue weighted by molar-refractivity contribution is 6.02. The molecule has 0 saturated heterocycles. The van der Waals surface area contributed by atoms with Gasteiger partial charge in [-0.25, -0.2) is 14.6 Å². The third kappa shape index (κ3) is 3.20. The molecule has 0 atom stereocenters. The van der Waals surface area contributed by atoms with Gasteiger partial charge in [0.25, 0.3) is 5.56 Å². The molecule has 8 heteroatoms. The minimum atomic E-state index is -1.27. The molecule has 1 aromatic carbocycles. The number of pyridine rings is 2. The Balaban J connectivity index is 2.11. The Kier molecular flexibility index (Phi) is 4.52. The lowest BCUT2D eigenvalue weighted by Crippen LogP contribution is -2.39. The fourth-order valence-electron chi connectivity index (χ4n) is 3.20. The summed E-state index contributed by atoms with van der Waals surface area (Å²) in [6.07, 6.45) is 3.13. The van der Waals surface area contributed by atoms with E-state index in [9.17, 15) is 19.5 Å². The minimum Gasteiger partial charge on any atom is -0.478 e. The van der Waals surface area contributed by atoms with Gasteiger partial charge in [0.05, 0.1) is 23.2 Å². The number of hydrogen-bond donors (Lipinski definition) is 1. The Morgan fingerprint density at radius 1 is 1.10 bits per heavy atom. The van der Waals surface area contributed by atoms with E-state index in [1.165, 1.54) is 17.7 Å². The van der Waals surface area contributed by atoms with Crippen molar-refractivity contribution in [3.63, 3.8) is 0 Å². The van der Waals surface area contributed by atoms with Crippen molar-refractivity contribution in [2.75, 3.05) is 0 Å². The van der Waals surface area contributed by atoms with Crippen LogP contribution in [-0.4, -0.2) is 30.2 Å². The highest BCUT2D eigenvalue weighted by Gasteiger charge is 2.21. The van der Waals surface area contributed by atoms with Crippen LogP contribution in [-0.2, 0) is 13.6 Å². The van der Waals surface area contributed by atoms with E-state index in [0.29, 0.717) is 11.3 Å². The molecule has 0 fully saturated rings. The SMILES string of the molecule is Cn1c(=O)c2c(C(=O)O)cc(-c3cccnc3)nc2n(Cc2ccccc2)c1=O. The van der Waals surface area contributed by atoms with Gasteiger partial charge in [0.2, 0.25) is 0 Å². The zero-order valence-electron chi connectivity index (χ0n) is 15.4. The zero-order valence-corrected chi connectivity index (χ0v) is 15.4. The fraction of sp³-hybridized carbons (Fsp3) is 0.0952. The molecule has 8 nitrogen and oxygen atoms in total. The fourth-order valence-corrected chi connectivity index (χ4v) is 3.20. The third-order valence-corrected chi connectivity index (χ3v) is 4.66. The average Bonchev–Trinajstić information content (AvgIpc) is 2.75. The number of aromatic nitrogens is 4. The summed E-state index contributed by atoms with van der Waals surface area (Å²) >= 11 is 0. The summed E-state index contributed by atoms with van der Waals surface area (Å²) in [6.45, 7) is 0.146. The van der Waals surface area contributed by atoms with E-state index < -0.39 is 17.2 Å². The number of fused-ring (bicyclic) bond motifs is 1. The lowest BCUT2D eigenvalue weighted by molar-refractivity contribution is 0.0699. The summed E-state index contributed by atoms with van der Waals surface area (Å²) in [5.74, 6) is -1.27. The lowest BCUT2D eigenvalue weighted by atomic mass is 10.1. The van der Waals surface area contributed by atoms with Crippen molar-refractivity contribution in [3.8, 4) is 11.3 Å². The molecular weight excluding hydrogens is 372 g/mol. The quantitative estimate of drug-likeness (QED) is 0.572. The van der Waals surface area contributed by atoms with Crippen LogP contribution in [0.3, 0.4) is 0 Å². The Labute approximate surface area is 164 Å². The Hall–Kier alpha value is -4.07. The second kappa shape index (κ2) is 7.16. The summed E-state index contributed by atoms with van der Waals surface area (Å²) in [7, 11) is 1.33. The van der Waals surface area contributed by atoms with Crippen LogP contribution in [0, 0.1) is 0 Å². The predicted molar refractivity (Wildman–Crippen MR) is 107 cm³/mol. The molecule has 0 aliphatic rings. The van der Waals surface area contributed by atoms with Gasteiger partial charge in [0.15, 0.2) is 5.65 Å². The van der Waals surface area contributed by atoms with Crippen molar-refractivity contribution >= 4 is 17.0 Å². The molecule has 0 spiro atoms.